The number of hydrogen-bond donors (Lipinski definition) is 1. The smallest absolute Gasteiger partial charge is 0.242 e. The van der Waals surface area contributed by atoms with Gasteiger partial charge in [-0.1, -0.05) is 24.3 Å². The highest BCUT2D eigenvalue weighted by atomic mass is 32.2. The number of carbonyl (C=O) groups excluding carboxylic acids is 1. The first kappa shape index (κ1) is 23.0. The molecule has 1 N–H and O–H groups in total. The first-order chi connectivity index (χ1) is 14.6. The zero-order valence-electron chi connectivity index (χ0n) is 18.7. The van der Waals surface area contributed by atoms with Gasteiger partial charge in [-0.3, -0.25) is 4.79 Å². The predicted molar refractivity (Wildman–Crippen MR) is 122 cm³/mol. The maximum Gasteiger partial charge on any atom is 0.242 e. The summed E-state index contributed by atoms with van der Waals surface area (Å²) in [5.74, 6) is 0.733. The second-order valence-corrected chi connectivity index (χ2v) is 10.0. The number of benzene rings is 2. The van der Waals surface area contributed by atoms with Crippen LogP contribution in [0.2, 0.25) is 0 Å². The molecule has 31 heavy (non-hydrogen) atoms. The monoisotopic (exact) mass is 442 g/mol. The minimum absolute atomic E-state index is 0.0404. The number of nitrogens with one attached hydrogen (secondary N) is 1. The van der Waals surface area contributed by atoms with Gasteiger partial charge in [0.15, 0.2) is 0 Å². The molecule has 3 aromatic rings. The highest BCUT2D eigenvalue weighted by molar-refractivity contribution is 7.89. The number of carbonyl (C=O) groups is 1. The SMILES string of the molecule is CCn1c(CCC(=O)NC(C)c2ccccc2C)nc2cc(S(=O)(=O)N(C)C)ccc21. The Hall–Kier alpha value is -2.71. The van der Waals surface area contributed by atoms with Gasteiger partial charge in [0.1, 0.15) is 5.82 Å². The van der Waals surface area contributed by atoms with E-state index in [1.807, 2.05) is 49.6 Å². The molecule has 0 aliphatic carbocycles. The van der Waals surface area contributed by atoms with E-state index in [0.29, 0.717) is 24.9 Å². The number of sulfonamides is 1. The lowest BCUT2D eigenvalue weighted by Crippen LogP contribution is -2.27. The van der Waals surface area contributed by atoms with Crippen LogP contribution >= 0.6 is 0 Å². The lowest BCUT2D eigenvalue weighted by molar-refractivity contribution is -0.121. The topological polar surface area (TPSA) is 84.3 Å². The van der Waals surface area contributed by atoms with Gasteiger partial charge < -0.3 is 9.88 Å². The van der Waals surface area contributed by atoms with Gasteiger partial charge in [-0.2, -0.15) is 0 Å². The van der Waals surface area contributed by atoms with E-state index in [-0.39, 0.29) is 16.8 Å². The van der Waals surface area contributed by atoms with Crippen LogP contribution in [0.3, 0.4) is 0 Å². The largest absolute Gasteiger partial charge is 0.350 e. The van der Waals surface area contributed by atoms with E-state index in [9.17, 15) is 13.2 Å². The number of nitrogens with zero attached hydrogens (tertiary/aromatic N) is 3. The van der Waals surface area contributed by atoms with Crippen LogP contribution in [0, 0.1) is 6.92 Å². The van der Waals surface area contributed by atoms with E-state index in [1.165, 1.54) is 18.4 Å². The molecule has 2 aromatic carbocycles. The van der Waals surface area contributed by atoms with Crippen LogP contribution in [-0.4, -0.2) is 42.3 Å². The molecule has 1 unspecified atom stereocenters. The normalized spacial score (nSPS) is 13.0. The molecule has 7 nitrogen and oxygen atoms in total. The van der Waals surface area contributed by atoms with Crippen molar-refractivity contribution in [3.8, 4) is 0 Å². The number of imidazole rings is 1. The minimum Gasteiger partial charge on any atom is -0.350 e. The summed E-state index contributed by atoms with van der Waals surface area (Å²) in [5, 5.41) is 3.06. The van der Waals surface area contributed by atoms with Crippen molar-refractivity contribution in [2.45, 2.75) is 51.1 Å². The van der Waals surface area contributed by atoms with Gasteiger partial charge in [0.2, 0.25) is 15.9 Å². The van der Waals surface area contributed by atoms with E-state index in [1.54, 1.807) is 18.2 Å². The highest BCUT2D eigenvalue weighted by Gasteiger charge is 2.20. The Balaban J connectivity index is 1.76. The second-order valence-electron chi connectivity index (χ2n) is 7.86. The fraction of sp³-hybridized carbons (Fsp3) is 0.391. The standard InChI is InChI=1S/C23H30N4O3S/c1-6-27-21-12-11-18(31(29,30)26(4)5)15-20(21)25-22(27)13-14-23(28)24-17(3)19-10-8-7-9-16(19)2/h7-12,15,17H,6,13-14H2,1-5H3,(H,24,28). The lowest BCUT2D eigenvalue weighted by atomic mass is 10.0. The average Bonchev–Trinajstić information content (AvgIpc) is 3.09. The fourth-order valence-electron chi connectivity index (χ4n) is 3.76. The van der Waals surface area contributed by atoms with E-state index in [4.69, 9.17) is 0 Å². The Labute approximate surface area is 184 Å². The summed E-state index contributed by atoms with van der Waals surface area (Å²) in [6.07, 6.45) is 0.785. The third-order valence-corrected chi connectivity index (χ3v) is 7.31. The Morgan fingerprint density at radius 1 is 1.19 bits per heavy atom. The molecule has 3 rings (SSSR count). The molecule has 0 spiro atoms. The lowest BCUT2D eigenvalue weighted by Gasteiger charge is -2.16. The summed E-state index contributed by atoms with van der Waals surface area (Å²) in [6.45, 7) is 6.71. The van der Waals surface area contributed by atoms with Gasteiger partial charge >= 0.3 is 0 Å². The van der Waals surface area contributed by atoms with E-state index < -0.39 is 10.0 Å². The van der Waals surface area contributed by atoms with Crippen LogP contribution in [0.25, 0.3) is 11.0 Å². The molecule has 0 saturated heterocycles. The Kier molecular flexibility index (Phi) is 6.81. The third-order valence-electron chi connectivity index (χ3n) is 5.50. The molecular weight excluding hydrogens is 412 g/mol. The van der Waals surface area contributed by atoms with Gasteiger partial charge in [-0.05, 0) is 50.1 Å². The molecule has 8 heteroatoms. The minimum atomic E-state index is -3.53. The molecule has 0 aliphatic heterocycles. The molecule has 0 radical (unpaired) electrons. The van der Waals surface area contributed by atoms with Crippen LogP contribution in [0.15, 0.2) is 47.4 Å². The molecule has 1 amide bonds. The molecular formula is C23H30N4O3S. The molecule has 0 bridgehead atoms. The predicted octanol–water partition coefficient (Wildman–Crippen LogP) is 3.42. The van der Waals surface area contributed by atoms with Crippen molar-refractivity contribution in [1.82, 2.24) is 19.2 Å². The Morgan fingerprint density at radius 2 is 1.90 bits per heavy atom. The number of fused-ring (bicyclic) bond motifs is 1. The summed E-state index contributed by atoms with van der Waals surface area (Å²) in [7, 11) is -0.516. The second kappa shape index (κ2) is 9.20. The molecule has 0 saturated carbocycles. The highest BCUT2D eigenvalue weighted by Crippen LogP contribution is 2.23. The van der Waals surface area contributed by atoms with Crippen LogP contribution < -0.4 is 5.32 Å². The van der Waals surface area contributed by atoms with Crippen molar-refractivity contribution < 1.29 is 13.2 Å². The maximum absolute atomic E-state index is 12.6. The van der Waals surface area contributed by atoms with Crippen molar-refractivity contribution in [2.24, 2.45) is 0 Å². The molecule has 0 fully saturated rings. The number of aryl methyl sites for hydroxylation is 3. The van der Waals surface area contributed by atoms with Gasteiger partial charge in [-0.25, -0.2) is 17.7 Å². The third kappa shape index (κ3) is 4.80. The molecule has 1 atom stereocenters. The van der Waals surface area contributed by atoms with Crippen molar-refractivity contribution in [1.29, 1.82) is 0 Å². The van der Waals surface area contributed by atoms with Crippen molar-refractivity contribution in [2.75, 3.05) is 14.1 Å². The van der Waals surface area contributed by atoms with E-state index in [0.717, 1.165) is 22.5 Å². The quantitative estimate of drug-likeness (QED) is 0.579. The zero-order valence-corrected chi connectivity index (χ0v) is 19.5. The van der Waals surface area contributed by atoms with Crippen LogP contribution in [-0.2, 0) is 27.8 Å². The first-order valence-corrected chi connectivity index (χ1v) is 11.9. The van der Waals surface area contributed by atoms with E-state index >= 15 is 0 Å². The maximum atomic E-state index is 12.6. The summed E-state index contributed by atoms with van der Waals surface area (Å²) in [4.78, 5) is 17.4. The number of amides is 1. The number of rotatable bonds is 8. The van der Waals surface area contributed by atoms with Gasteiger partial charge in [0.25, 0.3) is 0 Å². The Bertz CT molecular complexity index is 1200. The number of hydrogen-bond acceptors (Lipinski definition) is 4. The first-order valence-electron chi connectivity index (χ1n) is 10.4. The zero-order chi connectivity index (χ0) is 22.8. The summed E-state index contributed by atoms with van der Waals surface area (Å²) in [6, 6.07) is 12.9. The van der Waals surface area contributed by atoms with Crippen LogP contribution in [0.5, 0.6) is 0 Å². The average molecular weight is 443 g/mol. The molecule has 166 valence electrons. The van der Waals surface area contributed by atoms with Gasteiger partial charge in [-0.15, -0.1) is 0 Å². The summed E-state index contributed by atoms with van der Waals surface area (Å²) >= 11 is 0. The summed E-state index contributed by atoms with van der Waals surface area (Å²) < 4.78 is 28.1. The molecule has 0 aliphatic rings. The van der Waals surface area contributed by atoms with Gasteiger partial charge in [0, 0.05) is 33.5 Å². The van der Waals surface area contributed by atoms with Crippen LogP contribution in [0.1, 0.15) is 43.3 Å². The van der Waals surface area contributed by atoms with Crippen molar-refractivity contribution in [3.05, 3.63) is 59.4 Å². The van der Waals surface area contributed by atoms with E-state index in [2.05, 4.69) is 10.3 Å². The van der Waals surface area contributed by atoms with Crippen molar-refractivity contribution >= 4 is 27.0 Å². The Morgan fingerprint density at radius 3 is 2.55 bits per heavy atom. The fourth-order valence-corrected chi connectivity index (χ4v) is 4.69. The summed E-state index contributed by atoms with van der Waals surface area (Å²) in [5.41, 5.74) is 3.73. The van der Waals surface area contributed by atoms with Crippen molar-refractivity contribution in [3.63, 3.8) is 0 Å². The van der Waals surface area contributed by atoms with Gasteiger partial charge in [0.05, 0.1) is 22.0 Å². The molecule has 1 heterocycles. The molecule has 1 aromatic heterocycles. The number of aromatic nitrogens is 2. The van der Waals surface area contributed by atoms with Crippen LogP contribution in [0.4, 0.5) is 0 Å².